The Balaban J connectivity index is 1.55. The lowest BCUT2D eigenvalue weighted by Crippen LogP contribution is -2.42. The Kier molecular flexibility index (Phi) is 4.53. The summed E-state index contributed by atoms with van der Waals surface area (Å²) in [6.07, 6.45) is -0.272. The number of fused-ring (bicyclic) bond motifs is 2. The van der Waals surface area contributed by atoms with Crippen molar-refractivity contribution in [2.45, 2.75) is 50.2 Å². The maximum atomic E-state index is 12.7. The molecule has 2 unspecified atom stereocenters. The van der Waals surface area contributed by atoms with Crippen LogP contribution in [0.25, 0.3) is 11.1 Å². The van der Waals surface area contributed by atoms with Gasteiger partial charge in [0.25, 0.3) is 0 Å². The highest BCUT2D eigenvalue weighted by Gasteiger charge is 2.34. The molecule has 2 fully saturated rings. The molecule has 2 aromatic carbocycles. The van der Waals surface area contributed by atoms with E-state index in [1.807, 2.05) is 6.07 Å². The highest BCUT2D eigenvalue weighted by molar-refractivity contribution is 5.71. The smallest absolute Gasteiger partial charge is 0.490 e. The summed E-state index contributed by atoms with van der Waals surface area (Å²) in [5, 5.41) is 3.57. The summed E-state index contributed by atoms with van der Waals surface area (Å²) >= 11 is 0. The molecule has 2 bridgehead atoms. The van der Waals surface area contributed by atoms with Gasteiger partial charge in [0, 0.05) is 17.6 Å². The first kappa shape index (κ1) is 17.2. The Hall–Kier alpha value is -2.21. The Bertz CT molecular complexity index is 766. The molecule has 26 heavy (non-hydrogen) atoms. The molecule has 0 amide bonds. The molecule has 0 aromatic heterocycles. The average Bonchev–Trinajstić information content (AvgIpc) is 2.93. The van der Waals surface area contributed by atoms with E-state index in [9.17, 15) is 13.2 Å². The predicted octanol–water partition coefficient (Wildman–Crippen LogP) is 4.91. The molecule has 3 nitrogen and oxygen atoms in total. The molecular formula is C20H20F3NO2. The fraction of sp³-hybridized carbons (Fsp3) is 0.400. The molecule has 2 heterocycles. The highest BCUT2D eigenvalue weighted by atomic mass is 19.4. The van der Waals surface area contributed by atoms with Gasteiger partial charge in [-0.25, -0.2) is 0 Å². The van der Waals surface area contributed by atoms with Crippen molar-refractivity contribution in [1.82, 2.24) is 5.32 Å². The van der Waals surface area contributed by atoms with E-state index in [0.717, 1.165) is 12.8 Å². The van der Waals surface area contributed by atoms with Crippen LogP contribution in [0.5, 0.6) is 11.5 Å². The van der Waals surface area contributed by atoms with E-state index >= 15 is 0 Å². The van der Waals surface area contributed by atoms with E-state index in [1.165, 1.54) is 25.0 Å². The molecular weight excluding hydrogens is 343 g/mol. The molecule has 0 saturated carbocycles. The van der Waals surface area contributed by atoms with Gasteiger partial charge in [-0.2, -0.15) is 0 Å². The second kappa shape index (κ2) is 6.83. The van der Waals surface area contributed by atoms with Gasteiger partial charge in [0.2, 0.25) is 0 Å². The third-order valence-electron chi connectivity index (χ3n) is 4.99. The minimum atomic E-state index is -4.72. The van der Waals surface area contributed by atoms with Crippen molar-refractivity contribution in [2.75, 3.05) is 0 Å². The standard InChI is InChI=1S/C20H20F3NO2/c21-20(22,23)26-19-7-2-1-6-18(19)13-4-3-5-16(10-13)25-17-11-14-8-9-15(12-17)24-14/h1-7,10,14-15,17,24H,8-9,11-12H2. The molecule has 2 saturated heterocycles. The molecule has 0 aliphatic carbocycles. The zero-order valence-corrected chi connectivity index (χ0v) is 14.1. The number of benzene rings is 2. The lowest BCUT2D eigenvalue weighted by atomic mass is 10.0. The fourth-order valence-electron chi connectivity index (χ4n) is 3.95. The van der Waals surface area contributed by atoms with Crippen molar-refractivity contribution in [2.24, 2.45) is 0 Å². The molecule has 4 rings (SSSR count). The van der Waals surface area contributed by atoms with E-state index < -0.39 is 6.36 Å². The third-order valence-corrected chi connectivity index (χ3v) is 4.99. The van der Waals surface area contributed by atoms with Crippen LogP contribution in [0.4, 0.5) is 13.2 Å². The molecule has 2 aliphatic heterocycles. The Morgan fingerprint density at radius 3 is 2.38 bits per heavy atom. The quantitative estimate of drug-likeness (QED) is 0.837. The lowest BCUT2D eigenvalue weighted by molar-refractivity contribution is -0.274. The van der Waals surface area contributed by atoms with Crippen LogP contribution in [-0.2, 0) is 0 Å². The number of para-hydroxylation sites is 1. The zero-order valence-electron chi connectivity index (χ0n) is 14.1. The van der Waals surface area contributed by atoms with Crippen LogP contribution in [-0.4, -0.2) is 24.6 Å². The fourth-order valence-corrected chi connectivity index (χ4v) is 3.95. The SMILES string of the molecule is FC(F)(F)Oc1ccccc1-c1cccc(OC2CC3CCC(C2)N3)c1. The van der Waals surface area contributed by atoms with Crippen LogP contribution < -0.4 is 14.8 Å². The number of hydrogen-bond donors (Lipinski definition) is 1. The Labute approximate surface area is 150 Å². The van der Waals surface area contributed by atoms with E-state index in [-0.39, 0.29) is 11.9 Å². The van der Waals surface area contributed by atoms with Crippen LogP contribution in [0, 0.1) is 0 Å². The summed E-state index contributed by atoms with van der Waals surface area (Å²) in [6.45, 7) is 0. The first-order valence-corrected chi connectivity index (χ1v) is 8.84. The Morgan fingerprint density at radius 1 is 0.923 bits per heavy atom. The van der Waals surface area contributed by atoms with Crippen LogP contribution in [0.15, 0.2) is 48.5 Å². The number of hydrogen-bond acceptors (Lipinski definition) is 3. The highest BCUT2D eigenvalue weighted by Crippen LogP contribution is 2.36. The third kappa shape index (κ3) is 3.96. The molecule has 2 aliphatic rings. The van der Waals surface area contributed by atoms with Crippen LogP contribution >= 0.6 is 0 Å². The summed E-state index contributed by atoms with van der Waals surface area (Å²) in [7, 11) is 0. The second-order valence-corrected chi connectivity index (χ2v) is 6.92. The van der Waals surface area contributed by atoms with Gasteiger partial charge >= 0.3 is 6.36 Å². The number of nitrogens with one attached hydrogen (secondary N) is 1. The van der Waals surface area contributed by atoms with Crippen molar-refractivity contribution in [3.05, 3.63) is 48.5 Å². The summed E-state index contributed by atoms with van der Waals surface area (Å²) < 4.78 is 48.3. The molecule has 2 aromatic rings. The van der Waals surface area contributed by atoms with Gasteiger partial charge in [0.15, 0.2) is 0 Å². The monoisotopic (exact) mass is 363 g/mol. The summed E-state index contributed by atoms with van der Waals surface area (Å²) in [5.74, 6) is 0.465. The van der Waals surface area contributed by atoms with Crippen molar-refractivity contribution in [1.29, 1.82) is 0 Å². The van der Waals surface area contributed by atoms with Crippen molar-refractivity contribution in [3.8, 4) is 22.6 Å². The molecule has 0 radical (unpaired) electrons. The van der Waals surface area contributed by atoms with Gasteiger partial charge in [-0.15, -0.1) is 13.2 Å². The summed E-state index contributed by atoms with van der Waals surface area (Å²) in [5.41, 5.74) is 1.03. The van der Waals surface area contributed by atoms with Gasteiger partial charge in [-0.1, -0.05) is 30.3 Å². The van der Waals surface area contributed by atoms with E-state index in [4.69, 9.17) is 4.74 Å². The van der Waals surface area contributed by atoms with E-state index in [0.29, 0.717) is 29.0 Å². The van der Waals surface area contributed by atoms with Crippen molar-refractivity contribution in [3.63, 3.8) is 0 Å². The Morgan fingerprint density at radius 2 is 1.65 bits per heavy atom. The molecule has 2 atom stereocenters. The second-order valence-electron chi connectivity index (χ2n) is 6.92. The maximum absolute atomic E-state index is 12.7. The lowest BCUT2D eigenvalue weighted by Gasteiger charge is -2.29. The average molecular weight is 363 g/mol. The first-order valence-electron chi connectivity index (χ1n) is 8.84. The minimum absolute atomic E-state index is 0.144. The number of piperidine rings is 1. The maximum Gasteiger partial charge on any atom is 0.573 e. The van der Waals surface area contributed by atoms with Crippen LogP contribution in [0.1, 0.15) is 25.7 Å². The van der Waals surface area contributed by atoms with Crippen LogP contribution in [0.2, 0.25) is 0 Å². The zero-order chi connectivity index (χ0) is 18.1. The molecule has 6 heteroatoms. The van der Waals surface area contributed by atoms with Gasteiger partial charge in [0.1, 0.15) is 17.6 Å². The normalized spacial score (nSPS) is 25.1. The summed E-state index contributed by atoms with van der Waals surface area (Å²) in [6, 6.07) is 14.4. The van der Waals surface area contributed by atoms with Gasteiger partial charge in [-0.3, -0.25) is 0 Å². The molecule has 1 N–H and O–H groups in total. The largest absolute Gasteiger partial charge is 0.573 e. The van der Waals surface area contributed by atoms with E-state index in [2.05, 4.69) is 10.1 Å². The predicted molar refractivity (Wildman–Crippen MR) is 92.2 cm³/mol. The molecule has 0 spiro atoms. The van der Waals surface area contributed by atoms with Gasteiger partial charge in [-0.05, 0) is 49.4 Å². The number of ether oxygens (including phenoxy) is 2. The topological polar surface area (TPSA) is 30.5 Å². The van der Waals surface area contributed by atoms with Crippen molar-refractivity contribution >= 4 is 0 Å². The summed E-state index contributed by atoms with van der Waals surface area (Å²) in [4.78, 5) is 0. The molecule has 138 valence electrons. The van der Waals surface area contributed by atoms with E-state index in [1.54, 1.807) is 30.3 Å². The first-order chi connectivity index (χ1) is 12.5. The van der Waals surface area contributed by atoms with Crippen LogP contribution in [0.3, 0.4) is 0 Å². The number of halogens is 3. The van der Waals surface area contributed by atoms with Gasteiger partial charge in [0.05, 0.1) is 0 Å². The number of alkyl halides is 3. The number of rotatable bonds is 4. The van der Waals surface area contributed by atoms with Gasteiger partial charge < -0.3 is 14.8 Å². The van der Waals surface area contributed by atoms with Crippen molar-refractivity contribution < 1.29 is 22.6 Å². The minimum Gasteiger partial charge on any atom is -0.490 e.